The first-order valence-corrected chi connectivity index (χ1v) is 10.2. The molecule has 31 heavy (non-hydrogen) atoms. The van der Waals surface area contributed by atoms with E-state index in [-0.39, 0.29) is 30.0 Å². The molecule has 8 heteroatoms. The van der Waals surface area contributed by atoms with Crippen LogP contribution >= 0.6 is 0 Å². The Bertz CT molecular complexity index is 1100. The summed E-state index contributed by atoms with van der Waals surface area (Å²) in [6, 6.07) is 13.0. The van der Waals surface area contributed by atoms with Crippen molar-refractivity contribution in [2.24, 2.45) is 0 Å². The summed E-state index contributed by atoms with van der Waals surface area (Å²) in [5, 5.41) is 6.84. The van der Waals surface area contributed by atoms with Gasteiger partial charge in [0.25, 0.3) is 0 Å². The molecule has 1 atom stereocenters. The number of carbonyl (C=O) groups excluding carboxylic acids is 2. The summed E-state index contributed by atoms with van der Waals surface area (Å²) >= 11 is 0. The molecule has 0 saturated carbocycles. The zero-order valence-corrected chi connectivity index (χ0v) is 17.2. The highest BCUT2D eigenvalue weighted by Crippen LogP contribution is 2.27. The molecule has 2 heterocycles. The number of nitrogens with zero attached hydrogens (tertiary/aromatic N) is 3. The van der Waals surface area contributed by atoms with Crippen molar-refractivity contribution < 1.29 is 18.5 Å². The molecule has 1 amide bonds. The number of ketones is 1. The Kier molecular flexibility index (Phi) is 6.18. The molecule has 0 radical (unpaired) electrons. The summed E-state index contributed by atoms with van der Waals surface area (Å²) in [4.78, 5) is 30.5. The predicted octanol–water partition coefficient (Wildman–Crippen LogP) is 3.90. The molecule has 1 N–H and O–H groups in total. The number of rotatable bonds is 6. The first-order valence-electron chi connectivity index (χ1n) is 10.2. The lowest BCUT2D eigenvalue weighted by Gasteiger charge is -2.30. The molecule has 0 aliphatic carbocycles. The molecular weight excluding hydrogens is 399 g/mol. The number of carbonyl (C=O) groups is 2. The Hall–Kier alpha value is -3.39. The second kappa shape index (κ2) is 9.18. The van der Waals surface area contributed by atoms with Gasteiger partial charge in [-0.05, 0) is 50.6 Å². The molecule has 2 aromatic carbocycles. The molecular formula is C23H23FN4O3. The fourth-order valence-electron chi connectivity index (χ4n) is 3.77. The highest BCUT2D eigenvalue weighted by Gasteiger charge is 2.27. The van der Waals surface area contributed by atoms with Gasteiger partial charge in [0.2, 0.25) is 17.6 Å². The summed E-state index contributed by atoms with van der Waals surface area (Å²) in [6.45, 7) is 3.13. The number of amides is 1. The van der Waals surface area contributed by atoms with Crippen molar-refractivity contribution in [2.75, 3.05) is 25.0 Å². The van der Waals surface area contributed by atoms with Gasteiger partial charge in [0.05, 0.1) is 12.5 Å². The Balaban J connectivity index is 1.37. The van der Waals surface area contributed by atoms with Crippen LogP contribution < -0.4 is 5.32 Å². The van der Waals surface area contributed by atoms with E-state index >= 15 is 0 Å². The van der Waals surface area contributed by atoms with Gasteiger partial charge in [-0.15, -0.1) is 0 Å². The quantitative estimate of drug-likeness (QED) is 0.606. The minimum absolute atomic E-state index is 0.0115. The van der Waals surface area contributed by atoms with Crippen LogP contribution in [0.25, 0.3) is 11.4 Å². The lowest BCUT2D eigenvalue weighted by Crippen LogP contribution is -2.39. The van der Waals surface area contributed by atoms with Crippen molar-refractivity contribution in [3.8, 4) is 11.4 Å². The molecule has 0 bridgehead atoms. The largest absolute Gasteiger partial charge is 0.339 e. The van der Waals surface area contributed by atoms with Gasteiger partial charge in [-0.25, -0.2) is 4.39 Å². The second-order valence-corrected chi connectivity index (χ2v) is 7.73. The smallest absolute Gasteiger partial charge is 0.238 e. The van der Waals surface area contributed by atoms with Crippen LogP contribution in [0.15, 0.2) is 53.1 Å². The minimum Gasteiger partial charge on any atom is -0.339 e. The number of anilines is 1. The van der Waals surface area contributed by atoms with Gasteiger partial charge in [-0.1, -0.05) is 29.4 Å². The average molecular weight is 422 g/mol. The van der Waals surface area contributed by atoms with Gasteiger partial charge in [-0.3, -0.25) is 14.5 Å². The standard InChI is InChI=1S/C23H23FN4O3/c1-15(29)16-5-3-9-20(12-16)25-21(30)14-28-10-4-7-18(13-28)23-26-22(27-31-23)17-6-2-8-19(24)11-17/h2-3,5-6,8-9,11-12,18H,4,7,10,13-14H2,1H3,(H,25,30). The third-order valence-electron chi connectivity index (χ3n) is 5.30. The second-order valence-electron chi connectivity index (χ2n) is 7.73. The molecule has 160 valence electrons. The number of Topliss-reactive ketones (excluding diaryl/α,β-unsaturated/α-hetero) is 1. The topological polar surface area (TPSA) is 88.3 Å². The van der Waals surface area contributed by atoms with Crippen molar-refractivity contribution in [3.05, 3.63) is 65.8 Å². The third kappa shape index (κ3) is 5.21. The minimum atomic E-state index is -0.354. The normalized spacial score (nSPS) is 16.8. The first kappa shape index (κ1) is 20.9. The van der Waals surface area contributed by atoms with E-state index in [1.54, 1.807) is 36.4 Å². The monoisotopic (exact) mass is 422 g/mol. The number of halogens is 1. The molecule has 1 aliphatic heterocycles. The zero-order chi connectivity index (χ0) is 21.8. The van der Waals surface area contributed by atoms with E-state index in [4.69, 9.17) is 4.52 Å². The lowest BCUT2D eigenvalue weighted by atomic mass is 9.98. The van der Waals surface area contributed by atoms with Gasteiger partial charge in [-0.2, -0.15) is 4.98 Å². The summed E-state index contributed by atoms with van der Waals surface area (Å²) in [5.74, 6) is 0.317. The number of hydrogen-bond donors (Lipinski definition) is 1. The lowest BCUT2D eigenvalue weighted by molar-refractivity contribution is -0.117. The van der Waals surface area contributed by atoms with Crippen LogP contribution in [-0.4, -0.2) is 46.4 Å². The van der Waals surface area contributed by atoms with Crippen molar-refractivity contribution in [1.82, 2.24) is 15.0 Å². The van der Waals surface area contributed by atoms with E-state index in [1.807, 2.05) is 4.90 Å². The third-order valence-corrected chi connectivity index (χ3v) is 5.30. The van der Waals surface area contributed by atoms with E-state index < -0.39 is 0 Å². The molecule has 1 saturated heterocycles. The number of benzene rings is 2. The van der Waals surface area contributed by atoms with Crippen molar-refractivity contribution in [2.45, 2.75) is 25.7 Å². The van der Waals surface area contributed by atoms with Gasteiger partial charge >= 0.3 is 0 Å². The van der Waals surface area contributed by atoms with Gasteiger partial charge < -0.3 is 9.84 Å². The number of piperidine rings is 1. The molecule has 1 aromatic heterocycles. The van der Waals surface area contributed by atoms with Crippen LogP contribution in [-0.2, 0) is 4.79 Å². The van der Waals surface area contributed by atoms with Crippen LogP contribution in [0, 0.1) is 5.82 Å². The van der Waals surface area contributed by atoms with E-state index in [0.29, 0.717) is 35.1 Å². The van der Waals surface area contributed by atoms with E-state index in [9.17, 15) is 14.0 Å². The number of nitrogens with one attached hydrogen (secondary N) is 1. The van der Waals surface area contributed by atoms with Crippen LogP contribution in [0.4, 0.5) is 10.1 Å². The van der Waals surface area contributed by atoms with E-state index in [1.165, 1.54) is 19.1 Å². The summed E-state index contributed by atoms with van der Waals surface area (Å²) in [7, 11) is 0. The van der Waals surface area contributed by atoms with Crippen molar-refractivity contribution in [3.63, 3.8) is 0 Å². The molecule has 1 aliphatic rings. The Morgan fingerprint density at radius 3 is 2.87 bits per heavy atom. The molecule has 1 fully saturated rings. The Labute approximate surface area is 179 Å². The maximum atomic E-state index is 13.5. The number of likely N-dealkylation sites (tertiary alicyclic amines) is 1. The summed E-state index contributed by atoms with van der Waals surface area (Å²) in [6.07, 6.45) is 1.78. The Morgan fingerprint density at radius 2 is 2.06 bits per heavy atom. The van der Waals surface area contributed by atoms with Crippen LogP contribution in [0.3, 0.4) is 0 Å². The Morgan fingerprint density at radius 1 is 1.23 bits per heavy atom. The van der Waals surface area contributed by atoms with Crippen molar-refractivity contribution in [1.29, 1.82) is 0 Å². The van der Waals surface area contributed by atoms with Crippen molar-refractivity contribution >= 4 is 17.4 Å². The first-order chi connectivity index (χ1) is 15.0. The zero-order valence-electron chi connectivity index (χ0n) is 17.2. The van der Waals surface area contributed by atoms with Gasteiger partial charge in [0, 0.05) is 23.4 Å². The predicted molar refractivity (Wildman–Crippen MR) is 113 cm³/mol. The fraction of sp³-hybridized carbons (Fsp3) is 0.304. The average Bonchev–Trinajstić information content (AvgIpc) is 3.24. The van der Waals surface area contributed by atoms with Crippen LogP contribution in [0.1, 0.15) is 41.9 Å². The highest BCUT2D eigenvalue weighted by atomic mass is 19.1. The molecule has 4 rings (SSSR count). The number of aromatic nitrogens is 2. The highest BCUT2D eigenvalue weighted by molar-refractivity contribution is 5.97. The molecule has 0 spiro atoms. The van der Waals surface area contributed by atoms with Crippen LogP contribution in [0.5, 0.6) is 0 Å². The van der Waals surface area contributed by atoms with Crippen LogP contribution in [0.2, 0.25) is 0 Å². The summed E-state index contributed by atoms with van der Waals surface area (Å²) < 4.78 is 18.9. The number of hydrogen-bond acceptors (Lipinski definition) is 6. The summed E-state index contributed by atoms with van der Waals surface area (Å²) in [5.41, 5.74) is 1.72. The molecule has 3 aromatic rings. The van der Waals surface area contributed by atoms with Gasteiger partial charge in [0.15, 0.2) is 5.78 Å². The van der Waals surface area contributed by atoms with E-state index in [2.05, 4.69) is 15.5 Å². The maximum absolute atomic E-state index is 13.5. The van der Waals surface area contributed by atoms with E-state index in [0.717, 1.165) is 19.4 Å². The molecule has 1 unspecified atom stereocenters. The molecule has 7 nitrogen and oxygen atoms in total. The van der Waals surface area contributed by atoms with Gasteiger partial charge in [0.1, 0.15) is 5.82 Å². The SMILES string of the molecule is CC(=O)c1cccc(NC(=O)CN2CCCC(c3nc(-c4cccc(F)c4)no3)C2)c1. The maximum Gasteiger partial charge on any atom is 0.238 e. The fourth-order valence-corrected chi connectivity index (χ4v) is 3.77.